The number of pyridine rings is 1. The molecule has 0 spiro atoms. The van der Waals surface area contributed by atoms with Gasteiger partial charge in [-0.3, -0.25) is 15.1 Å². The number of carbonyl (C=O) groups excluding carboxylic acids is 1. The molecule has 0 atom stereocenters. The van der Waals surface area contributed by atoms with Crippen molar-refractivity contribution in [1.82, 2.24) is 15.6 Å². The van der Waals surface area contributed by atoms with Crippen LogP contribution in [0.15, 0.2) is 29.4 Å². The zero-order valence-electron chi connectivity index (χ0n) is 14.4. The first-order chi connectivity index (χ1) is 13.1. The summed E-state index contributed by atoms with van der Waals surface area (Å²) in [5.41, 5.74) is 0.638. The molecule has 3 rings (SSSR count). The number of nitrogens with zero attached hydrogens (tertiary/aromatic N) is 3. The Morgan fingerprint density at radius 2 is 2.26 bits per heavy atom. The SMILES string of the molecule is [C-]#[N+]c1ccc(O)c(C(=O)NC2=NCCCN2)c1-c1ccnc(OC)c1Cl. The van der Waals surface area contributed by atoms with Crippen molar-refractivity contribution < 1.29 is 14.6 Å². The first-order valence-electron chi connectivity index (χ1n) is 8.08. The van der Waals surface area contributed by atoms with E-state index in [4.69, 9.17) is 22.9 Å². The maximum Gasteiger partial charge on any atom is 0.261 e. The zero-order chi connectivity index (χ0) is 19.4. The van der Waals surface area contributed by atoms with Crippen molar-refractivity contribution in [2.45, 2.75) is 6.42 Å². The van der Waals surface area contributed by atoms with E-state index in [1.807, 2.05) is 0 Å². The van der Waals surface area contributed by atoms with Gasteiger partial charge in [0.25, 0.3) is 5.91 Å². The third-order valence-corrected chi connectivity index (χ3v) is 4.32. The minimum atomic E-state index is -0.604. The first kappa shape index (κ1) is 18.5. The quantitative estimate of drug-likeness (QED) is 0.705. The monoisotopic (exact) mass is 385 g/mol. The lowest BCUT2D eigenvalue weighted by Crippen LogP contribution is -2.43. The van der Waals surface area contributed by atoms with Crippen LogP contribution in [0.25, 0.3) is 16.0 Å². The molecule has 1 aliphatic rings. The Bertz CT molecular complexity index is 968. The molecule has 0 saturated heterocycles. The second-order valence-corrected chi connectivity index (χ2v) is 5.99. The molecule has 0 radical (unpaired) electrons. The first-order valence-corrected chi connectivity index (χ1v) is 8.46. The Morgan fingerprint density at radius 3 is 2.93 bits per heavy atom. The number of phenols is 1. The molecule has 1 amide bonds. The molecule has 1 aromatic carbocycles. The van der Waals surface area contributed by atoms with Gasteiger partial charge in [-0.25, -0.2) is 9.83 Å². The topological polar surface area (TPSA) is 100 Å². The van der Waals surface area contributed by atoms with Crippen molar-refractivity contribution in [2.75, 3.05) is 20.2 Å². The van der Waals surface area contributed by atoms with Crippen LogP contribution in [0.3, 0.4) is 0 Å². The molecule has 1 aromatic heterocycles. The largest absolute Gasteiger partial charge is 0.507 e. The van der Waals surface area contributed by atoms with Gasteiger partial charge in [0, 0.05) is 24.8 Å². The molecular weight excluding hydrogens is 370 g/mol. The van der Waals surface area contributed by atoms with E-state index in [1.54, 1.807) is 6.07 Å². The van der Waals surface area contributed by atoms with Crippen molar-refractivity contribution in [3.63, 3.8) is 0 Å². The van der Waals surface area contributed by atoms with E-state index in [0.717, 1.165) is 6.42 Å². The predicted molar refractivity (Wildman–Crippen MR) is 102 cm³/mol. The number of methoxy groups -OCH3 is 1. The van der Waals surface area contributed by atoms with Crippen LogP contribution in [0.2, 0.25) is 5.02 Å². The Labute approximate surface area is 160 Å². The van der Waals surface area contributed by atoms with Gasteiger partial charge in [-0.2, -0.15) is 0 Å². The number of phenolic OH excluding ortho intramolecular Hbond substituents is 1. The maximum absolute atomic E-state index is 12.9. The van der Waals surface area contributed by atoms with Crippen molar-refractivity contribution in [1.29, 1.82) is 0 Å². The number of rotatable bonds is 3. The van der Waals surface area contributed by atoms with Gasteiger partial charge in [0.1, 0.15) is 10.8 Å². The minimum Gasteiger partial charge on any atom is -0.507 e. The van der Waals surface area contributed by atoms with E-state index in [9.17, 15) is 9.90 Å². The molecule has 9 heteroatoms. The van der Waals surface area contributed by atoms with Gasteiger partial charge < -0.3 is 15.2 Å². The summed E-state index contributed by atoms with van der Waals surface area (Å²) in [6.45, 7) is 8.73. The van der Waals surface area contributed by atoms with Gasteiger partial charge in [0.15, 0.2) is 11.6 Å². The fraction of sp³-hybridized carbons (Fsp3) is 0.222. The fourth-order valence-electron chi connectivity index (χ4n) is 2.72. The van der Waals surface area contributed by atoms with Gasteiger partial charge in [-0.1, -0.05) is 17.7 Å². The van der Waals surface area contributed by atoms with E-state index < -0.39 is 5.91 Å². The summed E-state index contributed by atoms with van der Waals surface area (Å²) in [6, 6.07) is 4.28. The van der Waals surface area contributed by atoms with Crippen molar-refractivity contribution in [2.24, 2.45) is 4.99 Å². The number of carbonyl (C=O) groups is 1. The van der Waals surface area contributed by atoms with Crippen LogP contribution in [-0.4, -0.2) is 42.2 Å². The van der Waals surface area contributed by atoms with Gasteiger partial charge >= 0.3 is 0 Å². The number of benzene rings is 1. The molecule has 27 heavy (non-hydrogen) atoms. The summed E-state index contributed by atoms with van der Waals surface area (Å²) in [6.07, 6.45) is 2.32. The zero-order valence-corrected chi connectivity index (χ0v) is 15.2. The molecule has 2 heterocycles. The second-order valence-electron chi connectivity index (χ2n) is 5.61. The van der Waals surface area contributed by atoms with Crippen LogP contribution in [0, 0.1) is 6.57 Å². The molecule has 2 aromatic rings. The standard InChI is InChI=1S/C18H16ClN5O3/c1-20-11-4-5-12(25)14(16(26)24-18-22-7-3-8-23-18)13(11)10-6-9-21-17(27-2)15(10)19/h4-6,9,25H,3,7-8H2,2H3,(H2,22,23,24,26). The lowest BCUT2D eigenvalue weighted by molar-refractivity contribution is 0.0973. The summed E-state index contributed by atoms with van der Waals surface area (Å²) in [4.78, 5) is 24.5. The van der Waals surface area contributed by atoms with Gasteiger partial charge in [-0.15, -0.1) is 0 Å². The Hall–Kier alpha value is -3.31. The second kappa shape index (κ2) is 7.93. The predicted octanol–water partition coefficient (Wildman–Crippen LogP) is 2.75. The van der Waals surface area contributed by atoms with Crippen LogP contribution >= 0.6 is 11.6 Å². The lowest BCUT2D eigenvalue weighted by Gasteiger charge is -2.18. The number of aliphatic imine (C=N–C) groups is 1. The highest BCUT2D eigenvalue weighted by Crippen LogP contribution is 2.43. The highest BCUT2D eigenvalue weighted by molar-refractivity contribution is 6.35. The van der Waals surface area contributed by atoms with Crippen LogP contribution < -0.4 is 15.4 Å². The number of hydrogen-bond acceptors (Lipinski definition) is 6. The third-order valence-electron chi connectivity index (χ3n) is 3.96. The van der Waals surface area contributed by atoms with Gasteiger partial charge in [0.2, 0.25) is 5.88 Å². The number of ether oxygens (including phenoxy) is 1. The molecule has 0 aliphatic carbocycles. The number of nitrogens with one attached hydrogen (secondary N) is 2. The summed E-state index contributed by atoms with van der Waals surface area (Å²) in [5, 5.41) is 16.1. The molecule has 0 unspecified atom stereocenters. The van der Waals surface area contributed by atoms with E-state index in [-0.39, 0.29) is 33.5 Å². The Balaban J connectivity index is 2.16. The molecule has 0 saturated carbocycles. The van der Waals surface area contributed by atoms with Crippen molar-refractivity contribution >= 4 is 29.2 Å². The number of hydrogen-bond donors (Lipinski definition) is 3. The Morgan fingerprint density at radius 1 is 1.44 bits per heavy atom. The van der Waals surface area contributed by atoms with Crippen LogP contribution in [0.4, 0.5) is 5.69 Å². The molecule has 0 fully saturated rings. The van der Waals surface area contributed by atoms with Crippen LogP contribution in [0.1, 0.15) is 16.8 Å². The Kier molecular flexibility index (Phi) is 5.43. The van der Waals surface area contributed by atoms with Crippen molar-refractivity contribution in [3.05, 3.63) is 46.4 Å². The number of aromatic hydroxyl groups is 1. The maximum atomic E-state index is 12.9. The van der Waals surface area contributed by atoms with E-state index >= 15 is 0 Å². The average Bonchev–Trinajstić information content (AvgIpc) is 2.68. The summed E-state index contributed by atoms with van der Waals surface area (Å²) in [5.74, 6) is -0.410. The summed E-state index contributed by atoms with van der Waals surface area (Å²) >= 11 is 6.35. The van der Waals surface area contributed by atoms with E-state index in [0.29, 0.717) is 24.6 Å². The highest BCUT2D eigenvalue weighted by atomic mass is 35.5. The van der Waals surface area contributed by atoms with Gasteiger partial charge in [0.05, 0.1) is 19.2 Å². The number of halogens is 1. The third kappa shape index (κ3) is 3.64. The normalized spacial score (nSPS) is 13.1. The minimum absolute atomic E-state index is 0.0753. The highest BCUT2D eigenvalue weighted by Gasteiger charge is 2.25. The van der Waals surface area contributed by atoms with Crippen LogP contribution in [-0.2, 0) is 0 Å². The number of aromatic nitrogens is 1. The molecule has 0 bridgehead atoms. The molecule has 1 aliphatic heterocycles. The summed E-state index contributed by atoms with van der Waals surface area (Å²) < 4.78 is 5.12. The van der Waals surface area contributed by atoms with Gasteiger partial charge in [-0.05, 0) is 24.1 Å². The number of guanidine groups is 1. The van der Waals surface area contributed by atoms with Crippen LogP contribution in [0.5, 0.6) is 11.6 Å². The van der Waals surface area contributed by atoms with E-state index in [1.165, 1.54) is 25.4 Å². The molecule has 138 valence electrons. The van der Waals surface area contributed by atoms with Crippen molar-refractivity contribution in [3.8, 4) is 22.8 Å². The number of amides is 1. The average molecular weight is 386 g/mol. The molecule has 8 nitrogen and oxygen atoms in total. The smallest absolute Gasteiger partial charge is 0.261 e. The lowest BCUT2D eigenvalue weighted by atomic mass is 9.96. The summed E-state index contributed by atoms with van der Waals surface area (Å²) in [7, 11) is 1.41. The molecule has 3 N–H and O–H groups in total. The fourth-order valence-corrected chi connectivity index (χ4v) is 3.01. The molecular formula is C18H16ClN5O3. The van der Waals surface area contributed by atoms with E-state index in [2.05, 4.69) is 25.5 Å².